The molecule has 0 saturated heterocycles. The fourth-order valence-electron chi connectivity index (χ4n) is 2.71. The van der Waals surface area contributed by atoms with E-state index in [0.29, 0.717) is 11.3 Å². The van der Waals surface area contributed by atoms with E-state index < -0.39 is 9.84 Å². The Balaban J connectivity index is 2.01. The van der Waals surface area contributed by atoms with Gasteiger partial charge in [0.2, 0.25) is 0 Å². The van der Waals surface area contributed by atoms with Crippen molar-refractivity contribution in [3.63, 3.8) is 0 Å². The molecule has 2 aromatic rings. The quantitative estimate of drug-likeness (QED) is 0.770. The van der Waals surface area contributed by atoms with Crippen molar-refractivity contribution in [1.82, 2.24) is 5.32 Å². The minimum absolute atomic E-state index is 0.100. The highest BCUT2D eigenvalue weighted by Crippen LogP contribution is 2.21. The zero-order valence-corrected chi connectivity index (χ0v) is 15.0. The van der Waals surface area contributed by atoms with Crippen LogP contribution in [0.4, 0.5) is 0 Å². The van der Waals surface area contributed by atoms with E-state index in [2.05, 4.69) is 24.4 Å². The summed E-state index contributed by atoms with van der Waals surface area (Å²) in [4.78, 5) is 0.334. The minimum Gasteiger partial charge on any atom is -0.396 e. The summed E-state index contributed by atoms with van der Waals surface area (Å²) < 4.78 is 23.0. The van der Waals surface area contributed by atoms with Crippen LogP contribution in [0.25, 0.3) is 0 Å². The molecule has 130 valence electrons. The molecule has 0 aromatic heterocycles. The Kier molecular flexibility index (Phi) is 6.54. The van der Waals surface area contributed by atoms with Crippen LogP contribution in [0, 0.1) is 0 Å². The third-order valence-corrected chi connectivity index (χ3v) is 5.36. The summed E-state index contributed by atoms with van der Waals surface area (Å²) >= 11 is 0. The van der Waals surface area contributed by atoms with Gasteiger partial charge in [0.15, 0.2) is 9.84 Å². The minimum atomic E-state index is -3.16. The van der Waals surface area contributed by atoms with E-state index in [1.807, 2.05) is 30.3 Å². The van der Waals surface area contributed by atoms with E-state index in [4.69, 9.17) is 0 Å². The molecule has 0 aliphatic heterocycles. The zero-order chi connectivity index (χ0) is 17.6. The Bertz CT molecular complexity index is 727. The second kappa shape index (κ2) is 8.42. The van der Waals surface area contributed by atoms with Crippen LogP contribution in [0.1, 0.15) is 36.4 Å². The van der Waals surface area contributed by atoms with Gasteiger partial charge in [0, 0.05) is 25.4 Å². The number of sulfone groups is 1. The molecule has 2 N–H and O–H groups in total. The first-order chi connectivity index (χ1) is 11.4. The molecule has 5 heteroatoms. The van der Waals surface area contributed by atoms with E-state index in [1.54, 1.807) is 12.1 Å². The number of hydrogen-bond donors (Lipinski definition) is 2. The van der Waals surface area contributed by atoms with Crippen molar-refractivity contribution in [2.24, 2.45) is 0 Å². The van der Waals surface area contributed by atoms with Gasteiger partial charge < -0.3 is 10.4 Å². The van der Waals surface area contributed by atoms with Crippen molar-refractivity contribution in [1.29, 1.82) is 0 Å². The van der Waals surface area contributed by atoms with Gasteiger partial charge in [0.1, 0.15) is 0 Å². The first kappa shape index (κ1) is 18.6. The van der Waals surface area contributed by atoms with Crippen LogP contribution in [0.2, 0.25) is 0 Å². The molecule has 0 aliphatic carbocycles. The van der Waals surface area contributed by atoms with Crippen LogP contribution in [0.3, 0.4) is 0 Å². The van der Waals surface area contributed by atoms with Crippen LogP contribution in [-0.2, 0) is 9.84 Å². The van der Waals surface area contributed by atoms with Gasteiger partial charge in [0.25, 0.3) is 0 Å². The van der Waals surface area contributed by atoms with Crippen molar-refractivity contribution in [3.05, 3.63) is 65.7 Å². The van der Waals surface area contributed by atoms with Crippen LogP contribution < -0.4 is 5.32 Å². The Morgan fingerprint density at radius 2 is 1.62 bits per heavy atom. The molecule has 2 atom stereocenters. The lowest BCUT2D eigenvalue weighted by molar-refractivity contribution is 0.272. The number of benzene rings is 2. The van der Waals surface area contributed by atoms with Crippen LogP contribution in [0.15, 0.2) is 59.5 Å². The normalized spacial score (nSPS) is 14.3. The summed E-state index contributed by atoms with van der Waals surface area (Å²) in [5.74, 6) is 0.244. The van der Waals surface area contributed by atoms with E-state index in [9.17, 15) is 13.5 Å². The van der Waals surface area contributed by atoms with Crippen molar-refractivity contribution in [2.75, 3.05) is 19.4 Å². The lowest BCUT2D eigenvalue weighted by atomic mass is 9.95. The van der Waals surface area contributed by atoms with E-state index >= 15 is 0 Å². The van der Waals surface area contributed by atoms with Gasteiger partial charge >= 0.3 is 0 Å². The monoisotopic (exact) mass is 347 g/mol. The molecule has 4 nitrogen and oxygen atoms in total. The summed E-state index contributed by atoms with van der Waals surface area (Å²) in [6.07, 6.45) is 1.92. The number of hydrogen-bond acceptors (Lipinski definition) is 4. The third kappa shape index (κ3) is 5.16. The summed E-state index contributed by atoms with van der Waals surface area (Å²) in [5.41, 5.74) is 2.25. The number of nitrogens with one attached hydrogen (secondary N) is 1. The van der Waals surface area contributed by atoms with Gasteiger partial charge in [0.05, 0.1) is 4.90 Å². The molecule has 0 spiro atoms. The Labute approximate surface area is 144 Å². The third-order valence-electron chi connectivity index (χ3n) is 4.23. The smallest absolute Gasteiger partial charge is 0.175 e. The molecule has 0 aliphatic rings. The molecule has 0 saturated carbocycles. The first-order valence-corrected chi connectivity index (χ1v) is 10.00. The maximum absolute atomic E-state index is 11.5. The van der Waals surface area contributed by atoms with Gasteiger partial charge in [-0.15, -0.1) is 0 Å². The maximum atomic E-state index is 11.5. The van der Waals surface area contributed by atoms with E-state index in [0.717, 1.165) is 12.1 Å². The Morgan fingerprint density at radius 1 is 1.00 bits per heavy atom. The van der Waals surface area contributed by atoms with Crippen molar-refractivity contribution in [2.45, 2.75) is 30.2 Å². The largest absolute Gasteiger partial charge is 0.396 e. The van der Waals surface area contributed by atoms with Gasteiger partial charge in [-0.3, -0.25) is 0 Å². The zero-order valence-electron chi connectivity index (χ0n) is 14.1. The number of aliphatic hydroxyl groups is 1. The predicted molar refractivity (Wildman–Crippen MR) is 96.9 cm³/mol. The number of rotatable bonds is 8. The second-order valence-electron chi connectivity index (χ2n) is 6.09. The molecule has 24 heavy (non-hydrogen) atoms. The molecule has 2 aromatic carbocycles. The molecular formula is C19H25NO3S. The van der Waals surface area contributed by atoms with Gasteiger partial charge in [-0.1, -0.05) is 42.5 Å². The average molecular weight is 347 g/mol. The van der Waals surface area contributed by atoms with Crippen LogP contribution in [-0.4, -0.2) is 32.9 Å². The van der Waals surface area contributed by atoms with Gasteiger partial charge in [-0.05, 0) is 42.5 Å². The standard InChI is InChI=1S/C19H25NO3S/c1-15(16-8-10-19(11-9-16)24(2,22)23)20-14-18(12-13-21)17-6-4-3-5-7-17/h3-11,15,18,20-21H,12-14H2,1-2H3. The molecule has 0 bridgehead atoms. The molecule has 2 unspecified atom stereocenters. The average Bonchev–Trinajstić information content (AvgIpc) is 2.58. The number of aliphatic hydroxyl groups excluding tert-OH is 1. The lowest BCUT2D eigenvalue weighted by Crippen LogP contribution is -2.25. The van der Waals surface area contributed by atoms with Crippen LogP contribution in [0.5, 0.6) is 0 Å². The lowest BCUT2D eigenvalue weighted by Gasteiger charge is -2.21. The molecule has 0 radical (unpaired) electrons. The van der Waals surface area contributed by atoms with Crippen LogP contribution >= 0.6 is 0 Å². The fraction of sp³-hybridized carbons (Fsp3) is 0.368. The van der Waals surface area contributed by atoms with Crippen molar-refractivity contribution < 1.29 is 13.5 Å². The van der Waals surface area contributed by atoms with Crippen molar-refractivity contribution >= 4 is 9.84 Å². The summed E-state index contributed by atoms with van der Waals surface area (Å²) in [5, 5.41) is 12.8. The predicted octanol–water partition coefficient (Wildman–Crippen LogP) is 2.91. The van der Waals surface area contributed by atoms with Crippen molar-refractivity contribution in [3.8, 4) is 0 Å². The topological polar surface area (TPSA) is 66.4 Å². The Morgan fingerprint density at radius 3 is 2.17 bits per heavy atom. The molecular weight excluding hydrogens is 322 g/mol. The highest BCUT2D eigenvalue weighted by molar-refractivity contribution is 7.90. The molecule has 0 fully saturated rings. The van der Waals surface area contributed by atoms with E-state index in [1.165, 1.54) is 11.8 Å². The molecule has 0 amide bonds. The Hall–Kier alpha value is -1.69. The SMILES string of the molecule is CC(NCC(CCO)c1ccccc1)c1ccc(S(C)(=O)=O)cc1. The highest BCUT2D eigenvalue weighted by atomic mass is 32.2. The fourth-order valence-corrected chi connectivity index (χ4v) is 3.34. The summed E-state index contributed by atoms with van der Waals surface area (Å²) in [6, 6.07) is 17.2. The second-order valence-corrected chi connectivity index (χ2v) is 8.11. The first-order valence-electron chi connectivity index (χ1n) is 8.11. The molecule has 0 heterocycles. The summed E-state index contributed by atoms with van der Waals surface area (Å²) in [6.45, 7) is 2.95. The van der Waals surface area contributed by atoms with Gasteiger partial charge in [-0.25, -0.2) is 8.42 Å². The molecule has 2 rings (SSSR count). The maximum Gasteiger partial charge on any atom is 0.175 e. The summed E-state index contributed by atoms with van der Waals surface area (Å²) in [7, 11) is -3.16. The van der Waals surface area contributed by atoms with Gasteiger partial charge in [-0.2, -0.15) is 0 Å². The highest BCUT2D eigenvalue weighted by Gasteiger charge is 2.14. The van der Waals surface area contributed by atoms with E-state index in [-0.39, 0.29) is 18.6 Å².